The standard InChI is InChI=1S/C12H15N2O2/c1-9(2)11(8-15)12(16)14-7-10-5-3-4-6-13-10/h3-6,9,11H,7H2,1-2H3,(H,14,16)/t11-/m0/s1. The molecule has 1 heterocycles. The summed E-state index contributed by atoms with van der Waals surface area (Å²) >= 11 is 0. The molecule has 0 aliphatic rings. The maximum absolute atomic E-state index is 11.6. The average molecular weight is 219 g/mol. The largest absolute Gasteiger partial charge is 0.350 e. The number of carbonyl (C=O) groups is 1. The molecule has 0 fully saturated rings. The average Bonchev–Trinajstić information content (AvgIpc) is 2.28. The summed E-state index contributed by atoms with van der Waals surface area (Å²) in [7, 11) is 0. The third kappa shape index (κ3) is 3.46. The molecule has 1 aromatic heterocycles. The highest BCUT2D eigenvalue weighted by Gasteiger charge is 2.21. The zero-order valence-corrected chi connectivity index (χ0v) is 9.43. The van der Waals surface area contributed by atoms with Gasteiger partial charge in [-0.15, -0.1) is 0 Å². The Morgan fingerprint density at radius 1 is 1.50 bits per heavy atom. The fourth-order valence-electron chi connectivity index (χ4n) is 1.28. The summed E-state index contributed by atoms with van der Waals surface area (Å²) in [5.74, 6) is -1.04. The van der Waals surface area contributed by atoms with Crippen LogP contribution in [-0.4, -0.2) is 17.2 Å². The van der Waals surface area contributed by atoms with E-state index < -0.39 is 5.92 Å². The van der Waals surface area contributed by atoms with Crippen LogP contribution in [0.4, 0.5) is 0 Å². The van der Waals surface area contributed by atoms with E-state index in [1.54, 1.807) is 18.5 Å². The van der Waals surface area contributed by atoms with Crippen LogP contribution in [0.25, 0.3) is 0 Å². The van der Waals surface area contributed by atoms with Crippen LogP contribution in [0, 0.1) is 11.8 Å². The monoisotopic (exact) mass is 219 g/mol. The molecule has 0 saturated heterocycles. The summed E-state index contributed by atoms with van der Waals surface area (Å²) in [4.78, 5) is 26.3. The van der Waals surface area contributed by atoms with E-state index in [1.807, 2.05) is 26.0 Å². The molecule has 1 atom stereocenters. The molecule has 1 radical (unpaired) electrons. The maximum atomic E-state index is 11.6. The summed E-state index contributed by atoms with van der Waals surface area (Å²) in [6, 6.07) is 5.47. The van der Waals surface area contributed by atoms with Crippen molar-refractivity contribution in [3.8, 4) is 0 Å². The van der Waals surface area contributed by atoms with Gasteiger partial charge in [-0.1, -0.05) is 19.9 Å². The Hall–Kier alpha value is -1.71. The van der Waals surface area contributed by atoms with Crippen molar-refractivity contribution in [1.82, 2.24) is 10.3 Å². The number of nitrogens with zero attached hydrogens (tertiary/aromatic N) is 1. The van der Waals surface area contributed by atoms with Crippen LogP contribution in [0.15, 0.2) is 24.4 Å². The molecule has 4 heteroatoms. The van der Waals surface area contributed by atoms with Gasteiger partial charge in [-0.2, -0.15) is 0 Å². The molecule has 1 amide bonds. The molecule has 0 bridgehead atoms. The van der Waals surface area contributed by atoms with Crippen LogP contribution < -0.4 is 5.32 Å². The highest BCUT2D eigenvalue weighted by atomic mass is 16.2. The van der Waals surface area contributed by atoms with E-state index in [9.17, 15) is 9.59 Å². The Morgan fingerprint density at radius 2 is 2.25 bits per heavy atom. The van der Waals surface area contributed by atoms with Crippen LogP contribution in [0.1, 0.15) is 19.5 Å². The van der Waals surface area contributed by atoms with E-state index in [4.69, 9.17) is 0 Å². The topological polar surface area (TPSA) is 59.1 Å². The Kier molecular flexibility index (Phi) is 4.64. The van der Waals surface area contributed by atoms with Gasteiger partial charge in [0.25, 0.3) is 0 Å². The van der Waals surface area contributed by atoms with Crippen molar-refractivity contribution < 1.29 is 9.59 Å². The molecule has 0 spiro atoms. The number of rotatable bonds is 5. The first kappa shape index (κ1) is 12.4. The van der Waals surface area contributed by atoms with Gasteiger partial charge in [0, 0.05) is 6.20 Å². The normalized spacial score (nSPS) is 12.2. The number of amides is 1. The Balaban J connectivity index is 2.49. The number of carbonyl (C=O) groups excluding carboxylic acids is 2. The molecule has 1 aromatic rings. The molecule has 0 aliphatic carbocycles. The minimum atomic E-state index is -0.705. The van der Waals surface area contributed by atoms with Crippen molar-refractivity contribution in [2.75, 3.05) is 0 Å². The molecule has 4 nitrogen and oxygen atoms in total. The van der Waals surface area contributed by atoms with Gasteiger partial charge >= 0.3 is 0 Å². The van der Waals surface area contributed by atoms with Crippen LogP contribution in [-0.2, 0) is 16.1 Å². The zero-order valence-electron chi connectivity index (χ0n) is 9.43. The first-order chi connectivity index (χ1) is 7.65. The molecular formula is C12H15N2O2. The molecule has 1 N–H and O–H groups in total. The summed E-state index contributed by atoms with van der Waals surface area (Å²) in [6.45, 7) is 3.97. The lowest BCUT2D eigenvalue weighted by molar-refractivity contribution is -0.124. The van der Waals surface area contributed by atoms with E-state index in [1.165, 1.54) is 0 Å². The van der Waals surface area contributed by atoms with Gasteiger partial charge in [0.05, 0.1) is 12.2 Å². The highest BCUT2D eigenvalue weighted by Crippen LogP contribution is 2.07. The Bertz CT molecular complexity index is 349. The number of pyridine rings is 1. The van der Waals surface area contributed by atoms with Crippen molar-refractivity contribution in [3.63, 3.8) is 0 Å². The Morgan fingerprint density at radius 3 is 2.75 bits per heavy atom. The second-order valence-corrected chi connectivity index (χ2v) is 3.88. The minimum absolute atomic E-state index is 0.0405. The predicted octanol–water partition coefficient (Wildman–Crippen LogP) is 1.08. The number of nitrogens with one attached hydrogen (secondary N) is 1. The molecule has 16 heavy (non-hydrogen) atoms. The molecule has 85 valence electrons. The fourth-order valence-corrected chi connectivity index (χ4v) is 1.28. The van der Waals surface area contributed by atoms with E-state index in [0.29, 0.717) is 6.54 Å². The lowest BCUT2D eigenvalue weighted by Gasteiger charge is -2.13. The van der Waals surface area contributed by atoms with Gasteiger partial charge in [-0.25, -0.2) is 0 Å². The van der Waals surface area contributed by atoms with E-state index >= 15 is 0 Å². The molecule has 0 aliphatic heterocycles. The van der Waals surface area contributed by atoms with Crippen LogP contribution in [0.3, 0.4) is 0 Å². The van der Waals surface area contributed by atoms with E-state index in [2.05, 4.69) is 10.3 Å². The summed E-state index contributed by atoms with van der Waals surface area (Å²) < 4.78 is 0. The van der Waals surface area contributed by atoms with Gasteiger partial charge in [0.2, 0.25) is 12.2 Å². The first-order valence-corrected chi connectivity index (χ1v) is 5.20. The molecule has 0 unspecified atom stereocenters. The second kappa shape index (κ2) is 6.00. The quantitative estimate of drug-likeness (QED) is 0.754. The molecule has 1 rings (SSSR count). The lowest BCUT2D eigenvalue weighted by atomic mass is 9.97. The number of hydrogen-bond donors (Lipinski definition) is 1. The third-order valence-corrected chi connectivity index (χ3v) is 2.25. The summed E-state index contributed by atoms with van der Waals surface area (Å²) in [5, 5.41) is 2.67. The van der Waals surface area contributed by atoms with E-state index in [-0.39, 0.29) is 11.8 Å². The Labute approximate surface area is 95.1 Å². The predicted molar refractivity (Wildman–Crippen MR) is 60.1 cm³/mol. The molecule has 0 saturated carbocycles. The highest BCUT2D eigenvalue weighted by molar-refractivity contribution is 5.92. The van der Waals surface area contributed by atoms with Crippen molar-refractivity contribution in [1.29, 1.82) is 0 Å². The summed E-state index contributed by atoms with van der Waals surface area (Å²) in [5.41, 5.74) is 0.768. The minimum Gasteiger partial charge on any atom is -0.350 e. The van der Waals surface area contributed by atoms with Gasteiger partial charge < -0.3 is 5.32 Å². The zero-order chi connectivity index (χ0) is 12.0. The van der Waals surface area contributed by atoms with E-state index in [0.717, 1.165) is 5.69 Å². The van der Waals surface area contributed by atoms with Gasteiger partial charge in [0.1, 0.15) is 5.92 Å². The smallest absolute Gasteiger partial charge is 0.231 e. The summed E-state index contributed by atoms with van der Waals surface area (Å²) in [6.07, 6.45) is 3.42. The van der Waals surface area contributed by atoms with Crippen molar-refractivity contribution >= 4 is 12.2 Å². The second-order valence-electron chi connectivity index (χ2n) is 3.88. The first-order valence-electron chi connectivity index (χ1n) is 5.20. The molecular weight excluding hydrogens is 204 g/mol. The van der Waals surface area contributed by atoms with Crippen molar-refractivity contribution in [3.05, 3.63) is 30.1 Å². The molecule has 0 aromatic carbocycles. The third-order valence-electron chi connectivity index (χ3n) is 2.25. The number of aromatic nitrogens is 1. The van der Waals surface area contributed by atoms with Gasteiger partial charge in [0.15, 0.2) is 0 Å². The van der Waals surface area contributed by atoms with Crippen LogP contribution in [0.5, 0.6) is 0 Å². The maximum Gasteiger partial charge on any atom is 0.231 e. The SMILES string of the molecule is CC(C)[C@H]([C]=O)C(=O)NCc1ccccn1. The van der Waals surface area contributed by atoms with Crippen molar-refractivity contribution in [2.24, 2.45) is 11.8 Å². The van der Waals surface area contributed by atoms with Crippen LogP contribution >= 0.6 is 0 Å². The number of hydrogen-bond acceptors (Lipinski definition) is 3. The fraction of sp³-hybridized carbons (Fsp3) is 0.417. The van der Waals surface area contributed by atoms with Crippen molar-refractivity contribution in [2.45, 2.75) is 20.4 Å². The van der Waals surface area contributed by atoms with Gasteiger partial charge in [-0.3, -0.25) is 14.6 Å². The lowest BCUT2D eigenvalue weighted by Crippen LogP contribution is -2.34. The van der Waals surface area contributed by atoms with Gasteiger partial charge in [-0.05, 0) is 18.1 Å². The van der Waals surface area contributed by atoms with Crippen LogP contribution in [0.2, 0.25) is 0 Å².